The van der Waals surface area contributed by atoms with E-state index in [9.17, 15) is 13.2 Å². The Labute approximate surface area is 203 Å². The number of benzene rings is 2. The summed E-state index contributed by atoms with van der Waals surface area (Å²) in [5, 5.41) is 15.7. The van der Waals surface area contributed by atoms with E-state index >= 15 is 0 Å². The van der Waals surface area contributed by atoms with Crippen LogP contribution < -0.4 is 10.6 Å². The van der Waals surface area contributed by atoms with Crippen molar-refractivity contribution in [3.8, 4) is 6.07 Å². The van der Waals surface area contributed by atoms with Gasteiger partial charge in [-0.2, -0.15) is 18.4 Å². The predicted octanol–water partition coefficient (Wildman–Crippen LogP) is 4.52. The fourth-order valence-electron chi connectivity index (χ4n) is 3.66. The molecule has 0 unspecified atom stereocenters. The number of nitrogens with zero attached hydrogens (tertiary/aromatic N) is 3. The van der Waals surface area contributed by atoms with Crippen LogP contribution in [-0.4, -0.2) is 37.0 Å². The Morgan fingerprint density at radius 1 is 1.12 bits per heavy atom. The number of likely N-dealkylation sites (tertiary alicyclic amines) is 1. The number of guanidine groups is 1. The standard InChI is InChI=1S/C23H26F3N5.HI/c1-28-22(29-15-18-5-2-4-17(12-18)14-27)30-21-8-10-31(11-9-21)16-19-6-3-7-20(13-19)23(24,25)26;/h2-7,12-13,21H,8-11,15-16H2,1H3,(H2,28,29,30);1H. The molecule has 5 nitrogen and oxygen atoms in total. The third kappa shape index (κ3) is 7.67. The predicted molar refractivity (Wildman–Crippen MR) is 130 cm³/mol. The van der Waals surface area contributed by atoms with E-state index in [1.807, 2.05) is 18.2 Å². The maximum absolute atomic E-state index is 12.9. The molecular weight excluding hydrogens is 530 g/mol. The number of halogens is 4. The van der Waals surface area contributed by atoms with E-state index < -0.39 is 11.7 Å². The molecule has 0 spiro atoms. The SMILES string of the molecule is CN=C(NCc1cccc(C#N)c1)NC1CCN(Cc2cccc(C(F)(F)F)c2)CC1.I. The summed E-state index contributed by atoms with van der Waals surface area (Å²) in [6.45, 7) is 2.67. The zero-order valence-electron chi connectivity index (χ0n) is 17.8. The van der Waals surface area contributed by atoms with Crippen molar-refractivity contribution >= 4 is 29.9 Å². The van der Waals surface area contributed by atoms with Gasteiger partial charge < -0.3 is 10.6 Å². The highest BCUT2D eigenvalue weighted by atomic mass is 127. The summed E-state index contributed by atoms with van der Waals surface area (Å²) in [4.78, 5) is 6.45. The number of aliphatic imine (C=N–C) groups is 1. The summed E-state index contributed by atoms with van der Waals surface area (Å²) < 4.78 is 38.7. The van der Waals surface area contributed by atoms with Crippen molar-refractivity contribution < 1.29 is 13.2 Å². The van der Waals surface area contributed by atoms with Gasteiger partial charge in [-0.3, -0.25) is 9.89 Å². The molecule has 2 aromatic carbocycles. The average Bonchev–Trinajstić information content (AvgIpc) is 2.77. The molecule has 3 rings (SSSR count). The van der Waals surface area contributed by atoms with Gasteiger partial charge in [-0.1, -0.05) is 30.3 Å². The van der Waals surface area contributed by atoms with Gasteiger partial charge in [0.05, 0.1) is 17.2 Å². The van der Waals surface area contributed by atoms with Crippen LogP contribution in [0, 0.1) is 11.3 Å². The summed E-state index contributed by atoms with van der Waals surface area (Å²) in [5.41, 5.74) is 1.70. The monoisotopic (exact) mass is 557 g/mol. The van der Waals surface area contributed by atoms with Crippen LogP contribution in [0.4, 0.5) is 13.2 Å². The van der Waals surface area contributed by atoms with E-state index in [-0.39, 0.29) is 30.0 Å². The van der Waals surface area contributed by atoms with Crippen LogP contribution in [0.1, 0.15) is 35.1 Å². The molecule has 0 amide bonds. The molecule has 172 valence electrons. The number of piperidine rings is 1. The van der Waals surface area contributed by atoms with Crippen LogP contribution in [-0.2, 0) is 19.3 Å². The van der Waals surface area contributed by atoms with Crippen molar-refractivity contribution in [1.82, 2.24) is 15.5 Å². The van der Waals surface area contributed by atoms with E-state index in [0.29, 0.717) is 30.2 Å². The zero-order valence-corrected chi connectivity index (χ0v) is 20.2. The maximum Gasteiger partial charge on any atom is 0.416 e. The lowest BCUT2D eigenvalue weighted by molar-refractivity contribution is -0.137. The van der Waals surface area contributed by atoms with E-state index in [4.69, 9.17) is 5.26 Å². The summed E-state index contributed by atoms with van der Waals surface area (Å²) in [5.74, 6) is 0.693. The number of nitrogens with one attached hydrogen (secondary N) is 2. The second-order valence-corrected chi connectivity index (χ2v) is 7.63. The molecule has 0 saturated carbocycles. The van der Waals surface area contributed by atoms with Gasteiger partial charge in [-0.25, -0.2) is 0 Å². The lowest BCUT2D eigenvalue weighted by Gasteiger charge is -2.33. The van der Waals surface area contributed by atoms with E-state index in [1.54, 1.807) is 19.2 Å². The first-order valence-electron chi connectivity index (χ1n) is 10.2. The van der Waals surface area contributed by atoms with Crippen molar-refractivity contribution in [1.29, 1.82) is 5.26 Å². The first kappa shape index (κ1) is 25.9. The molecule has 2 N–H and O–H groups in total. The molecule has 0 bridgehead atoms. The second-order valence-electron chi connectivity index (χ2n) is 7.63. The number of hydrogen-bond donors (Lipinski definition) is 2. The molecule has 9 heteroatoms. The van der Waals surface area contributed by atoms with Gasteiger partial charge in [0.2, 0.25) is 0 Å². The lowest BCUT2D eigenvalue weighted by Crippen LogP contribution is -2.48. The van der Waals surface area contributed by atoms with Crippen LogP contribution in [0.25, 0.3) is 0 Å². The molecule has 2 aromatic rings. The average molecular weight is 557 g/mol. The summed E-state index contributed by atoms with van der Waals surface area (Å²) >= 11 is 0. The van der Waals surface area contributed by atoms with Crippen molar-refractivity contribution in [2.75, 3.05) is 20.1 Å². The van der Waals surface area contributed by atoms with Crippen LogP contribution in [0.3, 0.4) is 0 Å². The molecule has 0 aliphatic carbocycles. The van der Waals surface area contributed by atoms with Gasteiger partial charge in [0.15, 0.2) is 5.96 Å². The molecular formula is C23H27F3IN5. The number of nitriles is 1. The van der Waals surface area contributed by atoms with Crippen molar-refractivity contribution in [2.45, 2.75) is 38.1 Å². The van der Waals surface area contributed by atoms with Gasteiger partial charge in [0.1, 0.15) is 0 Å². The van der Waals surface area contributed by atoms with Gasteiger partial charge in [-0.05, 0) is 42.2 Å². The lowest BCUT2D eigenvalue weighted by atomic mass is 10.0. The van der Waals surface area contributed by atoms with Gasteiger partial charge in [-0.15, -0.1) is 24.0 Å². The normalized spacial score (nSPS) is 15.5. The van der Waals surface area contributed by atoms with Crippen LogP contribution in [0.15, 0.2) is 53.5 Å². The van der Waals surface area contributed by atoms with Crippen molar-refractivity contribution in [3.05, 3.63) is 70.8 Å². The Balaban J connectivity index is 0.00000363. The van der Waals surface area contributed by atoms with Crippen molar-refractivity contribution in [2.24, 2.45) is 4.99 Å². The molecule has 32 heavy (non-hydrogen) atoms. The van der Waals surface area contributed by atoms with Crippen LogP contribution in [0.2, 0.25) is 0 Å². The third-order valence-corrected chi connectivity index (χ3v) is 5.33. The topological polar surface area (TPSA) is 63.5 Å². The van der Waals surface area contributed by atoms with Gasteiger partial charge in [0.25, 0.3) is 0 Å². The minimum Gasteiger partial charge on any atom is -0.354 e. The van der Waals surface area contributed by atoms with Crippen molar-refractivity contribution in [3.63, 3.8) is 0 Å². The van der Waals surface area contributed by atoms with Crippen LogP contribution >= 0.6 is 24.0 Å². The highest BCUT2D eigenvalue weighted by molar-refractivity contribution is 14.0. The molecule has 1 fully saturated rings. The van der Waals surface area contributed by atoms with Gasteiger partial charge >= 0.3 is 6.18 Å². The fourth-order valence-corrected chi connectivity index (χ4v) is 3.66. The molecule has 0 aromatic heterocycles. The maximum atomic E-state index is 12.9. The Morgan fingerprint density at radius 2 is 1.81 bits per heavy atom. The first-order chi connectivity index (χ1) is 14.9. The Morgan fingerprint density at radius 3 is 2.47 bits per heavy atom. The van der Waals surface area contributed by atoms with Gasteiger partial charge in [0, 0.05) is 39.3 Å². The zero-order chi connectivity index (χ0) is 22.3. The summed E-state index contributed by atoms with van der Waals surface area (Å²) in [6.07, 6.45) is -2.56. The Bertz CT molecular complexity index is 947. The second kappa shape index (κ2) is 12.1. The number of hydrogen-bond acceptors (Lipinski definition) is 3. The third-order valence-electron chi connectivity index (χ3n) is 5.33. The summed E-state index contributed by atoms with van der Waals surface area (Å²) in [7, 11) is 1.71. The largest absolute Gasteiger partial charge is 0.416 e. The molecule has 1 aliphatic heterocycles. The van der Waals surface area contributed by atoms with Crippen LogP contribution in [0.5, 0.6) is 0 Å². The highest BCUT2D eigenvalue weighted by Gasteiger charge is 2.30. The molecule has 1 aliphatic rings. The number of rotatable bonds is 5. The Kier molecular flexibility index (Phi) is 9.78. The molecule has 0 radical (unpaired) electrons. The molecule has 1 saturated heterocycles. The Hall–Kier alpha value is -2.32. The smallest absolute Gasteiger partial charge is 0.354 e. The summed E-state index contributed by atoms with van der Waals surface area (Å²) in [6, 6.07) is 15.3. The highest BCUT2D eigenvalue weighted by Crippen LogP contribution is 2.30. The number of alkyl halides is 3. The molecule has 0 atom stereocenters. The minimum atomic E-state index is -4.31. The van der Waals surface area contributed by atoms with E-state index in [1.165, 1.54) is 12.1 Å². The minimum absolute atomic E-state index is 0. The fraction of sp³-hybridized carbons (Fsp3) is 0.391. The quantitative estimate of drug-likeness (QED) is 0.323. The van der Waals surface area contributed by atoms with E-state index in [2.05, 4.69) is 26.6 Å². The van der Waals surface area contributed by atoms with E-state index in [0.717, 1.165) is 37.6 Å². The molecule has 1 heterocycles. The first-order valence-corrected chi connectivity index (χ1v) is 10.2.